The Bertz CT molecular complexity index is 367. The molecule has 0 atom stereocenters. The third-order valence-corrected chi connectivity index (χ3v) is 20.0. The molecule has 0 aliphatic carbocycles. The minimum absolute atomic E-state index is 0.0306. The van der Waals surface area contributed by atoms with Crippen LogP contribution in [0.5, 0.6) is 0 Å². The molecule has 0 aliphatic heterocycles. The quantitative estimate of drug-likeness (QED) is 0.361. The van der Waals surface area contributed by atoms with E-state index in [1.54, 1.807) is 6.07 Å². The molecule has 2 heteroatoms. The molecular weight excluding hydrogens is 366 g/mol. The Morgan fingerprint density at radius 2 is 1.29 bits per heavy atom. The summed E-state index contributed by atoms with van der Waals surface area (Å²) < 4.78 is 19.6. The van der Waals surface area contributed by atoms with Crippen molar-refractivity contribution in [2.24, 2.45) is 0 Å². The average molecular weight is 399 g/mol. The van der Waals surface area contributed by atoms with Gasteiger partial charge in [-0.2, -0.15) is 0 Å². The Morgan fingerprint density at radius 1 is 0.810 bits per heavy atom. The standard InChI is InChI=1S/C7H6F.3C4H9.Sn/c1-6-4-2-3-5-7(6)8;3*1-3-4-2;/h2-5H,1H2;3*1,3-4H2,2H3;. The van der Waals surface area contributed by atoms with E-state index < -0.39 is 18.4 Å². The monoisotopic (exact) mass is 400 g/mol. The summed E-state index contributed by atoms with van der Waals surface area (Å²) in [6.07, 6.45) is 7.93. The first kappa shape index (κ1) is 19.0. The van der Waals surface area contributed by atoms with Crippen LogP contribution in [0.25, 0.3) is 0 Å². The molecule has 1 rings (SSSR count). The molecule has 21 heavy (non-hydrogen) atoms. The zero-order chi connectivity index (χ0) is 15.6. The van der Waals surface area contributed by atoms with Gasteiger partial charge in [-0.1, -0.05) is 0 Å². The third-order valence-electron chi connectivity index (χ3n) is 4.71. The van der Waals surface area contributed by atoms with E-state index in [0.29, 0.717) is 0 Å². The Hall–Kier alpha value is -0.0513. The fourth-order valence-electron chi connectivity index (χ4n) is 3.34. The zero-order valence-electron chi connectivity index (χ0n) is 14.3. The Morgan fingerprint density at radius 3 is 1.71 bits per heavy atom. The van der Waals surface area contributed by atoms with Crippen molar-refractivity contribution in [2.45, 2.75) is 77.0 Å². The van der Waals surface area contributed by atoms with Crippen molar-refractivity contribution in [3.05, 3.63) is 35.6 Å². The molecule has 1 aromatic carbocycles. The Labute approximate surface area is 135 Å². The number of halogens is 1. The van der Waals surface area contributed by atoms with Crippen LogP contribution in [-0.4, -0.2) is 18.4 Å². The van der Waals surface area contributed by atoms with Crippen LogP contribution in [0.4, 0.5) is 4.39 Å². The Kier molecular flexibility index (Phi) is 9.62. The van der Waals surface area contributed by atoms with Crippen LogP contribution in [0.3, 0.4) is 0 Å². The van der Waals surface area contributed by atoms with Crippen molar-refractivity contribution >= 4 is 18.4 Å². The van der Waals surface area contributed by atoms with E-state index in [4.69, 9.17) is 0 Å². The maximum absolute atomic E-state index is 14.1. The number of hydrogen-bond donors (Lipinski definition) is 0. The van der Waals surface area contributed by atoms with E-state index in [9.17, 15) is 4.39 Å². The van der Waals surface area contributed by atoms with Crippen LogP contribution >= 0.6 is 0 Å². The molecule has 0 N–H and O–H groups in total. The van der Waals surface area contributed by atoms with Gasteiger partial charge in [-0.3, -0.25) is 0 Å². The molecule has 0 bridgehead atoms. The zero-order valence-corrected chi connectivity index (χ0v) is 17.1. The molecule has 0 unspecified atom stereocenters. The van der Waals surface area contributed by atoms with E-state index >= 15 is 0 Å². The van der Waals surface area contributed by atoms with Crippen molar-refractivity contribution in [2.75, 3.05) is 0 Å². The summed E-state index contributed by atoms with van der Waals surface area (Å²) in [5.41, 5.74) is 1.01. The summed E-state index contributed by atoms with van der Waals surface area (Å²) in [6, 6.07) is 7.50. The molecular formula is C19H33FSn. The van der Waals surface area contributed by atoms with Crippen molar-refractivity contribution < 1.29 is 4.39 Å². The summed E-state index contributed by atoms with van der Waals surface area (Å²) in [4.78, 5) is 0. The third kappa shape index (κ3) is 6.71. The summed E-state index contributed by atoms with van der Waals surface area (Å²) >= 11 is -2.23. The Balaban J connectivity index is 2.92. The van der Waals surface area contributed by atoms with Gasteiger partial charge in [0.25, 0.3) is 0 Å². The minimum atomic E-state index is -2.23. The predicted molar refractivity (Wildman–Crippen MR) is 95.0 cm³/mol. The van der Waals surface area contributed by atoms with Crippen LogP contribution in [-0.2, 0) is 4.44 Å². The summed E-state index contributed by atoms with van der Waals surface area (Å²) in [5, 5.41) is 0. The molecule has 0 nitrogen and oxygen atoms in total. The SMILES string of the molecule is CCC[CH2][Sn]([CH2]CCC)([CH2]CCC)[CH2]c1ccccc1F. The fraction of sp³-hybridized carbons (Fsp3) is 0.684. The summed E-state index contributed by atoms with van der Waals surface area (Å²) in [7, 11) is 0. The summed E-state index contributed by atoms with van der Waals surface area (Å²) in [6.45, 7) is 6.87. The number of hydrogen-bond acceptors (Lipinski definition) is 0. The van der Waals surface area contributed by atoms with E-state index in [1.165, 1.54) is 51.8 Å². The van der Waals surface area contributed by atoms with Gasteiger partial charge in [0.1, 0.15) is 0 Å². The van der Waals surface area contributed by atoms with Crippen LogP contribution in [0.1, 0.15) is 64.9 Å². The second kappa shape index (κ2) is 10.6. The van der Waals surface area contributed by atoms with Crippen LogP contribution < -0.4 is 0 Å². The van der Waals surface area contributed by atoms with Crippen molar-refractivity contribution in [3.63, 3.8) is 0 Å². The topological polar surface area (TPSA) is 0 Å². The van der Waals surface area contributed by atoms with Gasteiger partial charge in [0.2, 0.25) is 0 Å². The molecule has 0 heterocycles. The average Bonchev–Trinajstić information content (AvgIpc) is 2.51. The molecule has 0 fully saturated rings. The van der Waals surface area contributed by atoms with Gasteiger partial charge in [-0.25, -0.2) is 0 Å². The normalized spacial score (nSPS) is 11.8. The molecule has 0 saturated carbocycles. The first-order valence-corrected chi connectivity index (χ1v) is 17.0. The maximum atomic E-state index is 14.1. The van der Waals surface area contributed by atoms with E-state index in [-0.39, 0.29) is 5.82 Å². The van der Waals surface area contributed by atoms with Crippen LogP contribution in [0, 0.1) is 5.82 Å². The van der Waals surface area contributed by atoms with Crippen molar-refractivity contribution in [3.8, 4) is 0 Å². The number of rotatable bonds is 11. The van der Waals surface area contributed by atoms with Crippen molar-refractivity contribution in [1.82, 2.24) is 0 Å². The molecule has 0 saturated heterocycles. The summed E-state index contributed by atoms with van der Waals surface area (Å²) in [5.74, 6) is 0.0306. The molecule has 1 aromatic rings. The van der Waals surface area contributed by atoms with Gasteiger partial charge in [-0.05, 0) is 0 Å². The van der Waals surface area contributed by atoms with Gasteiger partial charge < -0.3 is 0 Å². The molecule has 0 aliphatic rings. The van der Waals surface area contributed by atoms with Gasteiger partial charge in [-0.15, -0.1) is 0 Å². The molecule has 120 valence electrons. The van der Waals surface area contributed by atoms with E-state index in [2.05, 4.69) is 20.8 Å². The van der Waals surface area contributed by atoms with E-state index in [0.717, 1.165) is 10.0 Å². The molecule has 0 radical (unpaired) electrons. The first-order chi connectivity index (χ1) is 10.2. The van der Waals surface area contributed by atoms with Gasteiger partial charge in [0.05, 0.1) is 0 Å². The van der Waals surface area contributed by atoms with E-state index in [1.807, 2.05) is 18.2 Å². The fourth-order valence-corrected chi connectivity index (χ4v) is 19.6. The van der Waals surface area contributed by atoms with Crippen molar-refractivity contribution in [1.29, 1.82) is 0 Å². The van der Waals surface area contributed by atoms with Crippen LogP contribution in [0.15, 0.2) is 24.3 Å². The predicted octanol–water partition coefficient (Wildman–Crippen LogP) is 6.76. The second-order valence-electron chi connectivity index (χ2n) is 6.58. The number of unbranched alkanes of at least 4 members (excludes halogenated alkanes) is 3. The van der Waals surface area contributed by atoms with Gasteiger partial charge in [0.15, 0.2) is 0 Å². The van der Waals surface area contributed by atoms with Gasteiger partial charge >= 0.3 is 135 Å². The number of benzene rings is 1. The molecule has 0 amide bonds. The first-order valence-electron chi connectivity index (χ1n) is 8.91. The van der Waals surface area contributed by atoms with Crippen LogP contribution in [0.2, 0.25) is 13.3 Å². The van der Waals surface area contributed by atoms with Gasteiger partial charge in [0, 0.05) is 0 Å². The second-order valence-corrected chi connectivity index (χ2v) is 20.4. The molecule has 0 spiro atoms. The molecule has 0 aromatic heterocycles.